The first-order chi connectivity index (χ1) is 15.5. The molecule has 1 aromatic carbocycles. The van der Waals surface area contributed by atoms with Gasteiger partial charge in [0.25, 0.3) is 5.82 Å². The second-order valence-corrected chi connectivity index (χ2v) is 8.48. The molecular formula is C23H22FN5O3. The van der Waals surface area contributed by atoms with E-state index in [9.17, 15) is 9.60 Å². The van der Waals surface area contributed by atoms with Gasteiger partial charge in [-0.1, -0.05) is 0 Å². The second-order valence-electron chi connectivity index (χ2n) is 8.48. The highest BCUT2D eigenvalue weighted by Crippen LogP contribution is 2.41. The Morgan fingerprint density at radius 1 is 1.16 bits per heavy atom. The minimum atomic E-state index is -0.214. The van der Waals surface area contributed by atoms with Crippen LogP contribution in [0.4, 0.5) is 4.39 Å². The van der Waals surface area contributed by atoms with Gasteiger partial charge in [-0.05, 0) is 36.6 Å². The molecule has 0 amide bonds. The molecule has 2 aliphatic heterocycles. The zero-order valence-electron chi connectivity index (χ0n) is 18.1. The maximum Gasteiger partial charge on any atom is 0.256 e. The van der Waals surface area contributed by atoms with Gasteiger partial charge < -0.3 is 14.7 Å². The molecular weight excluding hydrogens is 413 g/mol. The van der Waals surface area contributed by atoms with Crippen LogP contribution < -0.4 is 14.2 Å². The highest BCUT2D eigenvalue weighted by molar-refractivity contribution is 5.78. The van der Waals surface area contributed by atoms with Crippen LogP contribution in [-0.2, 0) is 19.9 Å². The predicted octanol–water partition coefficient (Wildman–Crippen LogP) is 2.78. The molecule has 9 heteroatoms. The number of fused-ring (bicyclic) bond motifs is 3. The van der Waals surface area contributed by atoms with Crippen LogP contribution in [0.15, 0.2) is 24.5 Å². The quantitative estimate of drug-likeness (QED) is 0.339. The molecule has 8 nitrogen and oxygen atoms in total. The number of halogens is 1. The van der Waals surface area contributed by atoms with Crippen LogP contribution in [0.3, 0.4) is 0 Å². The van der Waals surface area contributed by atoms with Crippen LogP contribution >= 0.6 is 0 Å². The molecule has 0 aliphatic carbocycles. The number of rotatable bonds is 1. The van der Waals surface area contributed by atoms with Crippen LogP contribution in [0.5, 0.6) is 11.5 Å². The molecule has 1 atom stereocenters. The molecule has 0 saturated carbocycles. The molecule has 0 radical (unpaired) electrons. The summed E-state index contributed by atoms with van der Waals surface area (Å²) in [4.78, 5) is 0. The zero-order chi connectivity index (χ0) is 22.1. The first-order valence-electron chi connectivity index (χ1n) is 10.6. The molecule has 2 aliphatic rings. The smallest absolute Gasteiger partial charge is 0.256 e. The Kier molecular flexibility index (Phi) is 3.99. The Morgan fingerprint density at radius 2 is 1.94 bits per heavy atom. The molecule has 0 saturated heterocycles. The van der Waals surface area contributed by atoms with Crippen molar-refractivity contribution in [2.75, 3.05) is 13.2 Å². The molecule has 3 aromatic heterocycles. The fourth-order valence-corrected chi connectivity index (χ4v) is 5.09. The minimum absolute atomic E-state index is 0.0375. The summed E-state index contributed by atoms with van der Waals surface area (Å²) in [6.45, 7) is 4.41. The Hall–Kier alpha value is -3.62. The van der Waals surface area contributed by atoms with Gasteiger partial charge in [-0.3, -0.25) is 4.40 Å². The van der Waals surface area contributed by atoms with Gasteiger partial charge in [0.05, 0.1) is 37.4 Å². The molecule has 164 valence electrons. The summed E-state index contributed by atoms with van der Waals surface area (Å²) < 4.78 is 31.6. The number of pyridine rings is 1. The van der Waals surface area contributed by atoms with E-state index >= 15 is 0 Å². The predicted molar refractivity (Wildman–Crippen MR) is 113 cm³/mol. The fourth-order valence-electron chi connectivity index (χ4n) is 5.09. The lowest BCUT2D eigenvalue weighted by Gasteiger charge is -2.15. The van der Waals surface area contributed by atoms with E-state index in [4.69, 9.17) is 9.47 Å². The minimum Gasteiger partial charge on any atom is -0.711 e. The average molecular weight is 435 g/mol. The van der Waals surface area contributed by atoms with Gasteiger partial charge in [0.1, 0.15) is 23.6 Å². The van der Waals surface area contributed by atoms with Crippen molar-refractivity contribution in [3.8, 4) is 22.8 Å². The highest BCUT2D eigenvalue weighted by Gasteiger charge is 2.32. The first-order valence-corrected chi connectivity index (χ1v) is 10.6. The van der Waals surface area contributed by atoms with E-state index in [0.717, 1.165) is 33.0 Å². The zero-order valence-corrected chi connectivity index (χ0v) is 18.1. The average Bonchev–Trinajstić information content (AvgIpc) is 3.48. The Morgan fingerprint density at radius 3 is 2.69 bits per heavy atom. The molecule has 0 unspecified atom stereocenters. The van der Waals surface area contributed by atoms with Gasteiger partial charge in [0, 0.05) is 19.4 Å². The summed E-state index contributed by atoms with van der Waals surface area (Å²) in [5.74, 6) is 1.76. The molecule has 6 rings (SSSR count). The van der Waals surface area contributed by atoms with E-state index in [-0.39, 0.29) is 11.7 Å². The van der Waals surface area contributed by atoms with E-state index in [1.54, 1.807) is 26.2 Å². The number of hydrogen-bond acceptors (Lipinski definition) is 5. The number of imidazole rings is 1. The third-order valence-corrected chi connectivity index (χ3v) is 6.82. The van der Waals surface area contributed by atoms with Crippen molar-refractivity contribution in [2.24, 2.45) is 7.05 Å². The molecule has 0 fully saturated rings. The number of ether oxygens (including phenoxy) is 2. The number of benzene rings is 1. The standard InChI is InChI=1S/C23H22FN5O3/c1-12-22(27(3)13(2)29(12)30)16-8-20-18(28-11-25-26-23(16)28)6-4-15-17(24)5-7-19-21(15)14(9-31-19)10-32-20/h5,7-8,11,14H,4,6,9-10H2,1-3H3/t14-/m1/s1. The normalized spacial score (nSPS) is 17.2. The lowest BCUT2D eigenvalue weighted by molar-refractivity contribution is -0.618. The van der Waals surface area contributed by atoms with E-state index < -0.39 is 0 Å². The van der Waals surface area contributed by atoms with Gasteiger partial charge >= 0.3 is 0 Å². The van der Waals surface area contributed by atoms with Crippen LogP contribution in [0.25, 0.3) is 16.9 Å². The van der Waals surface area contributed by atoms with Crippen LogP contribution in [0, 0.1) is 24.9 Å². The maximum atomic E-state index is 14.8. The number of aromatic nitrogens is 5. The van der Waals surface area contributed by atoms with Crippen molar-refractivity contribution in [3.05, 3.63) is 63.9 Å². The lowest BCUT2D eigenvalue weighted by atomic mass is 9.93. The van der Waals surface area contributed by atoms with Gasteiger partial charge in [-0.25, -0.2) is 13.7 Å². The molecule has 0 N–H and O–H groups in total. The number of hydrogen-bond donors (Lipinski definition) is 0. The van der Waals surface area contributed by atoms with Crippen LogP contribution in [0.2, 0.25) is 0 Å². The van der Waals surface area contributed by atoms with Gasteiger partial charge in [-0.15, -0.1) is 10.2 Å². The Bertz CT molecular complexity index is 1380. The third kappa shape index (κ3) is 2.50. The number of aryl methyl sites for hydroxylation is 1. The van der Waals surface area contributed by atoms with Gasteiger partial charge in [-0.2, -0.15) is 0 Å². The van der Waals surface area contributed by atoms with Gasteiger partial charge in [0.2, 0.25) is 0 Å². The Labute approximate surface area is 183 Å². The van der Waals surface area contributed by atoms with Crippen molar-refractivity contribution in [1.82, 2.24) is 19.2 Å². The summed E-state index contributed by atoms with van der Waals surface area (Å²) in [5.41, 5.74) is 5.24. The lowest BCUT2D eigenvalue weighted by Crippen LogP contribution is -2.30. The van der Waals surface area contributed by atoms with Gasteiger partial charge in [0.15, 0.2) is 17.0 Å². The summed E-state index contributed by atoms with van der Waals surface area (Å²) in [7, 11) is 1.86. The third-order valence-electron chi connectivity index (χ3n) is 6.82. The topological polar surface area (TPSA) is 80.5 Å². The van der Waals surface area contributed by atoms with E-state index in [0.29, 0.717) is 54.5 Å². The summed E-state index contributed by atoms with van der Waals surface area (Å²) in [6.07, 6.45) is 2.72. The SMILES string of the molecule is Cc1c(-c2cc3c(n4cnnc24)CCc2c(F)ccc4c2[C@H](CO4)CO3)n(C)c(C)[n+]1[O-]. The van der Waals surface area contributed by atoms with E-state index in [1.165, 1.54) is 6.07 Å². The highest BCUT2D eigenvalue weighted by atomic mass is 19.1. The fraction of sp³-hybridized carbons (Fsp3) is 0.348. The first kappa shape index (κ1) is 19.1. The van der Waals surface area contributed by atoms with Crippen LogP contribution in [0.1, 0.15) is 34.3 Å². The molecule has 0 bridgehead atoms. The van der Waals surface area contributed by atoms with Crippen LogP contribution in [-0.4, -0.2) is 32.4 Å². The molecule has 0 spiro atoms. The van der Waals surface area contributed by atoms with E-state index in [1.807, 2.05) is 22.1 Å². The number of nitrogens with zero attached hydrogens (tertiary/aromatic N) is 5. The second kappa shape index (κ2) is 6.69. The summed E-state index contributed by atoms with van der Waals surface area (Å²) in [6, 6.07) is 5.12. The Balaban J connectivity index is 1.55. The largest absolute Gasteiger partial charge is 0.711 e. The van der Waals surface area contributed by atoms with Crippen molar-refractivity contribution in [3.63, 3.8) is 0 Å². The van der Waals surface area contributed by atoms with Crippen molar-refractivity contribution in [1.29, 1.82) is 0 Å². The van der Waals surface area contributed by atoms with Crippen molar-refractivity contribution in [2.45, 2.75) is 32.6 Å². The maximum absolute atomic E-state index is 14.8. The summed E-state index contributed by atoms with van der Waals surface area (Å²) >= 11 is 0. The van der Waals surface area contributed by atoms with Crippen molar-refractivity contribution >= 4 is 5.65 Å². The molecule has 32 heavy (non-hydrogen) atoms. The molecule has 5 heterocycles. The monoisotopic (exact) mass is 435 g/mol. The molecule has 4 aromatic rings. The van der Waals surface area contributed by atoms with Crippen molar-refractivity contribution < 1.29 is 18.6 Å². The van der Waals surface area contributed by atoms with E-state index in [2.05, 4.69) is 10.2 Å². The summed E-state index contributed by atoms with van der Waals surface area (Å²) in [5, 5.41) is 21.0.